The highest BCUT2D eigenvalue weighted by molar-refractivity contribution is 6.63. The van der Waals surface area contributed by atoms with Crippen molar-refractivity contribution in [1.29, 1.82) is 0 Å². The summed E-state index contributed by atoms with van der Waals surface area (Å²) < 4.78 is 4.59. The first kappa shape index (κ1) is 35.8. The van der Waals surface area contributed by atoms with Crippen molar-refractivity contribution in [2.45, 2.75) is 132 Å². The number of amides is 1. The molecule has 0 aromatic heterocycles. The summed E-state index contributed by atoms with van der Waals surface area (Å²) in [6, 6.07) is 15.3. The average Bonchev–Trinajstić information content (AvgIpc) is 3.02. The number of likely N-dealkylation sites (tertiary alicyclic amines) is 1. The number of carbonyl (C=O) groups excluding carboxylic acids is 1. The Bertz CT molecular complexity index is 1360. The molecule has 4 aliphatic carbocycles. The average molecular weight is 690 g/mol. The van der Waals surface area contributed by atoms with E-state index >= 15 is 0 Å². The Labute approximate surface area is 293 Å². The molecule has 2 saturated carbocycles. The molecule has 8 rings (SSSR count). The third-order valence-electron chi connectivity index (χ3n) is 12.3. The van der Waals surface area contributed by atoms with Crippen molar-refractivity contribution < 1.29 is 9.53 Å². The normalized spacial score (nSPS) is 31.6. The Morgan fingerprint density at radius 2 is 1.43 bits per heavy atom. The van der Waals surface area contributed by atoms with E-state index in [2.05, 4.69) is 55.6 Å². The number of hydrogen-bond acceptors (Lipinski definition) is 3. The molecular weight excluding hydrogens is 635 g/mol. The van der Waals surface area contributed by atoms with Crippen LogP contribution in [-0.4, -0.2) is 47.1 Å². The molecule has 4 fully saturated rings. The first-order valence-corrected chi connectivity index (χ1v) is 18.8. The zero-order valence-corrected chi connectivity index (χ0v) is 29.6. The predicted octanol–water partition coefficient (Wildman–Crippen LogP) is 10.2. The molecule has 1 N–H and O–H groups in total. The van der Waals surface area contributed by atoms with E-state index in [9.17, 15) is 4.79 Å². The Morgan fingerprint density at radius 1 is 0.870 bits per heavy atom. The van der Waals surface area contributed by atoms with E-state index < -0.39 is 4.30 Å². The molecule has 254 valence electrons. The number of alkyl halides is 3. The second-order valence-corrected chi connectivity index (χ2v) is 16.5. The topological polar surface area (TPSA) is 41.6 Å². The monoisotopic (exact) mass is 688 g/mol. The van der Waals surface area contributed by atoms with Gasteiger partial charge in [-0.15, -0.1) is 0 Å². The van der Waals surface area contributed by atoms with Crippen LogP contribution < -0.4 is 5.32 Å². The van der Waals surface area contributed by atoms with E-state index in [-0.39, 0.29) is 13.5 Å². The number of nitrogens with one attached hydrogen (secondary N) is 1. The van der Waals surface area contributed by atoms with Crippen LogP contribution in [0.3, 0.4) is 0 Å². The molecule has 2 heterocycles. The first-order valence-electron chi connectivity index (χ1n) is 17.5. The maximum absolute atomic E-state index is 12.4. The Balaban J connectivity index is 0.000000163. The molecule has 0 radical (unpaired) electrons. The van der Waals surface area contributed by atoms with Gasteiger partial charge in [0.1, 0.15) is 0 Å². The van der Waals surface area contributed by atoms with Crippen molar-refractivity contribution in [1.82, 2.24) is 10.2 Å². The molecule has 2 aliphatic heterocycles. The fourth-order valence-corrected chi connectivity index (χ4v) is 10.6. The zero-order chi connectivity index (χ0) is 31.8. The van der Waals surface area contributed by atoms with Gasteiger partial charge in [-0.05, 0) is 113 Å². The molecule has 6 atom stereocenters. The Hall–Kier alpha value is -1.46. The molecule has 7 heteroatoms. The fraction of sp³-hybridized carbons (Fsp3) is 0.667. The van der Waals surface area contributed by atoms with E-state index in [1.807, 2.05) is 11.8 Å². The van der Waals surface area contributed by atoms with Crippen LogP contribution in [0.4, 0.5) is 4.79 Å². The van der Waals surface area contributed by atoms with Gasteiger partial charge in [0.05, 0.1) is 6.61 Å². The second kappa shape index (κ2) is 15.0. The maximum Gasteiger partial charge on any atom is 0.410 e. The summed E-state index contributed by atoms with van der Waals surface area (Å²) in [6.07, 6.45) is 15.6. The van der Waals surface area contributed by atoms with Crippen LogP contribution in [0, 0.1) is 25.7 Å². The lowest BCUT2D eigenvalue weighted by Crippen LogP contribution is -2.62. The number of aryl methyl sites for hydroxylation is 2. The van der Waals surface area contributed by atoms with Gasteiger partial charge < -0.3 is 15.0 Å². The molecular formula is C39H55Cl3N2O2. The highest BCUT2D eigenvalue weighted by Gasteiger charge is 2.55. The largest absolute Gasteiger partial charge is 0.450 e. The summed E-state index contributed by atoms with van der Waals surface area (Å²) in [5, 5.41) is 3.80. The van der Waals surface area contributed by atoms with Gasteiger partial charge >= 0.3 is 6.09 Å². The van der Waals surface area contributed by atoms with Crippen molar-refractivity contribution in [3.8, 4) is 0 Å². The van der Waals surface area contributed by atoms with E-state index in [4.69, 9.17) is 39.5 Å². The highest BCUT2D eigenvalue weighted by atomic mass is 35.6. The number of hydrogen-bond donors (Lipinski definition) is 1. The van der Waals surface area contributed by atoms with E-state index in [1.165, 1.54) is 87.4 Å². The standard InChI is InChI=1S/C20H27NO2.C17H23N.CHCl3.CH4/c1-3-23-19(22)21-11-10-20-9-5-4-6-16(20)18(21)13-15-8-7-14(2)12-17(15)20;1-12-5-6-13-11-16-14-4-2-3-7-17(14,8-9-18-16)15(13)10-12;2-1(3)4;/h7-8,12,16,18H,3-6,9-11,13H2,1-2H3;5-6,10,14,16,18H,2-4,7-9,11H2,1H3;1H;1H4/t16-,18+,20+;14-,16+,17+;;/m11../s1. The van der Waals surface area contributed by atoms with Crippen LogP contribution in [-0.2, 0) is 28.4 Å². The quantitative estimate of drug-likeness (QED) is 0.303. The number of nitrogens with zero attached hydrogens (tertiary/aromatic N) is 1. The molecule has 4 nitrogen and oxygen atoms in total. The summed E-state index contributed by atoms with van der Waals surface area (Å²) >= 11 is 14.4. The van der Waals surface area contributed by atoms with Gasteiger partial charge in [-0.3, -0.25) is 0 Å². The van der Waals surface area contributed by atoms with Crippen LogP contribution in [0.25, 0.3) is 0 Å². The minimum absolute atomic E-state index is 0. The molecule has 2 saturated heterocycles. The third kappa shape index (κ3) is 6.72. The number of piperidine rings is 2. The lowest BCUT2D eigenvalue weighted by molar-refractivity contribution is -0.0109. The molecule has 4 bridgehead atoms. The summed E-state index contributed by atoms with van der Waals surface area (Å²) in [5.74, 6) is 1.53. The van der Waals surface area contributed by atoms with Crippen LogP contribution in [0.15, 0.2) is 36.4 Å². The van der Waals surface area contributed by atoms with Crippen molar-refractivity contribution in [2.75, 3.05) is 19.7 Å². The molecule has 2 aromatic rings. The second-order valence-electron chi connectivity index (χ2n) is 14.5. The van der Waals surface area contributed by atoms with Gasteiger partial charge in [-0.2, -0.15) is 0 Å². The summed E-state index contributed by atoms with van der Waals surface area (Å²) in [7, 11) is 0. The first-order chi connectivity index (χ1) is 21.7. The minimum Gasteiger partial charge on any atom is -0.450 e. The van der Waals surface area contributed by atoms with Crippen molar-refractivity contribution in [2.24, 2.45) is 11.8 Å². The molecule has 0 spiro atoms. The lowest BCUT2D eigenvalue weighted by atomic mass is 9.52. The number of ether oxygens (including phenoxy) is 1. The molecule has 1 amide bonds. The zero-order valence-electron chi connectivity index (χ0n) is 27.4. The molecule has 46 heavy (non-hydrogen) atoms. The van der Waals surface area contributed by atoms with Crippen LogP contribution >= 0.6 is 34.8 Å². The highest BCUT2D eigenvalue weighted by Crippen LogP contribution is 2.56. The minimum atomic E-state index is -0.750. The number of benzene rings is 2. The van der Waals surface area contributed by atoms with E-state index in [0.717, 1.165) is 31.3 Å². The van der Waals surface area contributed by atoms with E-state index in [0.29, 0.717) is 29.4 Å². The van der Waals surface area contributed by atoms with Crippen molar-refractivity contribution in [3.05, 3.63) is 69.8 Å². The number of rotatable bonds is 1. The van der Waals surface area contributed by atoms with Gasteiger partial charge in [0, 0.05) is 29.5 Å². The van der Waals surface area contributed by atoms with Gasteiger partial charge in [-0.1, -0.05) is 115 Å². The summed E-state index contributed by atoms with van der Waals surface area (Å²) in [4.78, 5) is 14.5. The third-order valence-corrected chi connectivity index (χ3v) is 12.3. The van der Waals surface area contributed by atoms with Gasteiger partial charge in [0.2, 0.25) is 0 Å². The van der Waals surface area contributed by atoms with Crippen LogP contribution in [0.2, 0.25) is 0 Å². The van der Waals surface area contributed by atoms with Gasteiger partial charge in [0.25, 0.3) is 0 Å². The lowest BCUT2D eigenvalue weighted by Gasteiger charge is -2.58. The van der Waals surface area contributed by atoms with Crippen molar-refractivity contribution >= 4 is 40.9 Å². The predicted molar refractivity (Wildman–Crippen MR) is 194 cm³/mol. The fourth-order valence-electron chi connectivity index (χ4n) is 10.6. The molecule has 6 aliphatic rings. The number of fused-ring (bicyclic) bond motifs is 2. The smallest absolute Gasteiger partial charge is 0.410 e. The Morgan fingerprint density at radius 3 is 2.04 bits per heavy atom. The maximum atomic E-state index is 12.4. The van der Waals surface area contributed by atoms with E-state index in [1.54, 1.807) is 16.7 Å². The summed E-state index contributed by atoms with van der Waals surface area (Å²) in [6.45, 7) is 8.90. The molecule has 2 aromatic carbocycles. The SMILES string of the molecule is C.CCOC(=O)N1CC[C@@]23CCCC[C@@H]2[C@@H]1Cc1ccc(C)cc13.Cc1ccc2c(c1)[C@]13CCCC[C@@H]1[C@H](C2)NCC3.ClC(Cl)Cl. The number of carbonyl (C=O) groups is 1. The van der Waals surface area contributed by atoms with Gasteiger partial charge in [0.15, 0.2) is 4.30 Å². The summed E-state index contributed by atoms with van der Waals surface area (Å²) in [5.41, 5.74) is 10.1. The Kier molecular flexibility index (Phi) is 11.7. The van der Waals surface area contributed by atoms with Crippen molar-refractivity contribution in [3.63, 3.8) is 0 Å². The van der Waals surface area contributed by atoms with Gasteiger partial charge in [-0.25, -0.2) is 4.79 Å². The number of halogens is 3. The van der Waals surface area contributed by atoms with Crippen LogP contribution in [0.1, 0.15) is 112 Å². The van der Waals surface area contributed by atoms with Crippen LogP contribution in [0.5, 0.6) is 0 Å². The molecule has 0 unspecified atom stereocenters.